The molecule has 1 heterocycles. The van der Waals surface area contributed by atoms with E-state index in [0.717, 1.165) is 6.07 Å². The maximum atomic E-state index is 13.9. The standard InChI is InChI=1S/C28H25F3N2O3/c1-2-35-27(34)17-10-18-36-26-16-9-7-14-22(26)24-19-25(33(32-24)20-11-4-3-5-12-20)21-13-6-8-15-23(21)28(29,30)31/h3-9,11-16,19H,2,10,17-18H2,1H3. The Morgan fingerprint density at radius 1 is 0.917 bits per heavy atom. The minimum Gasteiger partial charge on any atom is -0.493 e. The molecular formula is C28H25F3N2O3. The third-order valence-corrected chi connectivity index (χ3v) is 5.47. The van der Waals surface area contributed by atoms with E-state index in [2.05, 4.69) is 5.10 Å². The Hall–Kier alpha value is -4.07. The number of benzene rings is 3. The number of ether oxygens (including phenoxy) is 2. The molecule has 186 valence electrons. The van der Waals surface area contributed by atoms with E-state index in [1.54, 1.807) is 61.5 Å². The van der Waals surface area contributed by atoms with Crippen LogP contribution in [-0.2, 0) is 15.7 Å². The highest BCUT2D eigenvalue weighted by Gasteiger charge is 2.34. The zero-order valence-corrected chi connectivity index (χ0v) is 19.7. The van der Waals surface area contributed by atoms with E-state index in [1.807, 2.05) is 12.1 Å². The van der Waals surface area contributed by atoms with Crippen LogP contribution in [0.5, 0.6) is 5.75 Å². The lowest BCUT2D eigenvalue weighted by Gasteiger charge is -2.14. The van der Waals surface area contributed by atoms with Crippen molar-refractivity contribution < 1.29 is 27.4 Å². The molecule has 0 saturated heterocycles. The summed E-state index contributed by atoms with van der Waals surface area (Å²) in [6.07, 6.45) is -3.82. The van der Waals surface area contributed by atoms with Gasteiger partial charge in [-0.1, -0.05) is 48.5 Å². The summed E-state index contributed by atoms with van der Waals surface area (Å²) in [5.74, 6) is 0.235. The summed E-state index contributed by atoms with van der Waals surface area (Å²) in [5.41, 5.74) is 1.32. The zero-order chi connectivity index (χ0) is 25.5. The first-order chi connectivity index (χ1) is 17.4. The first-order valence-corrected chi connectivity index (χ1v) is 11.6. The molecule has 0 aliphatic heterocycles. The lowest BCUT2D eigenvalue weighted by molar-refractivity contribution is -0.143. The van der Waals surface area contributed by atoms with Crippen molar-refractivity contribution >= 4 is 5.97 Å². The van der Waals surface area contributed by atoms with Crippen molar-refractivity contribution in [2.75, 3.05) is 13.2 Å². The second-order valence-electron chi connectivity index (χ2n) is 7.96. The van der Waals surface area contributed by atoms with Gasteiger partial charge in [-0.25, -0.2) is 4.68 Å². The summed E-state index contributed by atoms with van der Waals surface area (Å²) < 4.78 is 53.9. The van der Waals surface area contributed by atoms with E-state index in [-0.39, 0.29) is 24.6 Å². The van der Waals surface area contributed by atoms with Gasteiger partial charge in [-0.05, 0) is 49.7 Å². The van der Waals surface area contributed by atoms with Gasteiger partial charge in [0.25, 0.3) is 0 Å². The number of halogens is 3. The van der Waals surface area contributed by atoms with Gasteiger partial charge in [0, 0.05) is 17.5 Å². The Labute approximate surface area is 207 Å². The Morgan fingerprint density at radius 2 is 1.58 bits per heavy atom. The number of carbonyl (C=O) groups is 1. The molecule has 8 heteroatoms. The minimum atomic E-state index is -4.53. The zero-order valence-electron chi connectivity index (χ0n) is 19.7. The molecule has 0 saturated carbocycles. The molecule has 0 spiro atoms. The second-order valence-corrected chi connectivity index (χ2v) is 7.96. The first-order valence-electron chi connectivity index (χ1n) is 11.6. The molecule has 0 fully saturated rings. The molecule has 0 N–H and O–H groups in total. The van der Waals surface area contributed by atoms with Gasteiger partial charge in [-0.2, -0.15) is 18.3 Å². The predicted octanol–water partition coefficient (Wildman–Crippen LogP) is 6.95. The van der Waals surface area contributed by atoms with Crippen molar-refractivity contribution in [1.82, 2.24) is 9.78 Å². The van der Waals surface area contributed by atoms with Crippen LogP contribution in [0.15, 0.2) is 84.9 Å². The molecule has 36 heavy (non-hydrogen) atoms. The smallest absolute Gasteiger partial charge is 0.417 e. The van der Waals surface area contributed by atoms with Crippen molar-refractivity contribution in [2.45, 2.75) is 25.9 Å². The van der Waals surface area contributed by atoms with Crippen molar-refractivity contribution in [3.05, 3.63) is 90.5 Å². The fraction of sp³-hybridized carbons (Fsp3) is 0.214. The second kappa shape index (κ2) is 11.1. The monoisotopic (exact) mass is 494 g/mol. The van der Waals surface area contributed by atoms with E-state index < -0.39 is 11.7 Å². The highest BCUT2D eigenvalue weighted by Crippen LogP contribution is 2.40. The molecule has 0 amide bonds. The summed E-state index contributed by atoms with van der Waals surface area (Å²) in [6.45, 7) is 2.35. The van der Waals surface area contributed by atoms with E-state index in [4.69, 9.17) is 9.47 Å². The van der Waals surface area contributed by atoms with Gasteiger partial charge in [0.2, 0.25) is 0 Å². The highest BCUT2D eigenvalue weighted by molar-refractivity contribution is 5.75. The van der Waals surface area contributed by atoms with Crippen molar-refractivity contribution in [3.63, 3.8) is 0 Å². The third-order valence-electron chi connectivity index (χ3n) is 5.47. The molecule has 1 aromatic heterocycles. The Balaban J connectivity index is 1.73. The number of hydrogen-bond donors (Lipinski definition) is 0. The van der Waals surface area contributed by atoms with Crippen LogP contribution in [0.2, 0.25) is 0 Å². The fourth-order valence-electron chi connectivity index (χ4n) is 3.86. The molecule has 0 radical (unpaired) electrons. The number of nitrogens with zero attached hydrogens (tertiary/aromatic N) is 2. The van der Waals surface area contributed by atoms with E-state index in [1.165, 1.54) is 16.8 Å². The molecule has 4 rings (SSSR count). The quantitative estimate of drug-likeness (QED) is 0.187. The third kappa shape index (κ3) is 5.76. The number of hydrogen-bond acceptors (Lipinski definition) is 4. The largest absolute Gasteiger partial charge is 0.493 e. The molecule has 4 aromatic rings. The van der Waals surface area contributed by atoms with Gasteiger partial charge in [-0.3, -0.25) is 4.79 Å². The number of aromatic nitrogens is 2. The summed E-state index contributed by atoms with van der Waals surface area (Å²) >= 11 is 0. The van der Waals surface area contributed by atoms with Crippen LogP contribution in [-0.4, -0.2) is 29.0 Å². The molecule has 0 aliphatic carbocycles. The van der Waals surface area contributed by atoms with Gasteiger partial charge in [0.1, 0.15) is 5.75 Å². The highest BCUT2D eigenvalue weighted by atomic mass is 19.4. The number of carbonyl (C=O) groups excluding carboxylic acids is 1. The van der Waals surface area contributed by atoms with Crippen LogP contribution in [0, 0.1) is 0 Å². The molecule has 3 aromatic carbocycles. The Morgan fingerprint density at radius 3 is 2.31 bits per heavy atom. The number of esters is 1. The minimum absolute atomic E-state index is 0.0282. The van der Waals surface area contributed by atoms with E-state index in [0.29, 0.717) is 41.4 Å². The Bertz CT molecular complexity index is 1320. The topological polar surface area (TPSA) is 53.4 Å². The van der Waals surface area contributed by atoms with Crippen LogP contribution < -0.4 is 4.74 Å². The van der Waals surface area contributed by atoms with Crippen molar-refractivity contribution in [1.29, 1.82) is 0 Å². The molecule has 5 nitrogen and oxygen atoms in total. The number of rotatable bonds is 9. The normalized spacial score (nSPS) is 11.3. The van der Waals surface area contributed by atoms with Crippen LogP contribution in [0.3, 0.4) is 0 Å². The summed E-state index contributed by atoms with van der Waals surface area (Å²) in [5, 5.41) is 4.69. The lowest BCUT2D eigenvalue weighted by atomic mass is 10.0. The fourth-order valence-corrected chi connectivity index (χ4v) is 3.86. The molecule has 0 atom stereocenters. The molecular weight excluding hydrogens is 469 g/mol. The van der Waals surface area contributed by atoms with Crippen LogP contribution in [0.25, 0.3) is 28.2 Å². The summed E-state index contributed by atoms with van der Waals surface area (Å²) in [6, 6.07) is 23.3. The van der Waals surface area contributed by atoms with Gasteiger partial charge in [0.05, 0.1) is 35.9 Å². The van der Waals surface area contributed by atoms with Crippen molar-refractivity contribution in [2.24, 2.45) is 0 Å². The Kier molecular flexibility index (Phi) is 7.73. The molecule has 0 unspecified atom stereocenters. The summed E-state index contributed by atoms with van der Waals surface area (Å²) in [4.78, 5) is 11.6. The predicted molar refractivity (Wildman–Crippen MR) is 131 cm³/mol. The van der Waals surface area contributed by atoms with Gasteiger partial charge in [-0.15, -0.1) is 0 Å². The van der Waals surface area contributed by atoms with Gasteiger partial charge < -0.3 is 9.47 Å². The molecule has 0 bridgehead atoms. The van der Waals surface area contributed by atoms with Gasteiger partial charge in [0.15, 0.2) is 0 Å². The molecule has 0 aliphatic rings. The van der Waals surface area contributed by atoms with Crippen molar-refractivity contribution in [3.8, 4) is 34.0 Å². The van der Waals surface area contributed by atoms with Crippen LogP contribution in [0.1, 0.15) is 25.3 Å². The maximum absolute atomic E-state index is 13.9. The SMILES string of the molecule is CCOC(=O)CCCOc1ccccc1-c1cc(-c2ccccc2C(F)(F)F)n(-c2ccccc2)n1. The number of alkyl halides is 3. The van der Waals surface area contributed by atoms with E-state index >= 15 is 0 Å². The summed E-state index contributed by atoms with van der Waals surface area (Å²) in [7, 11) is 0. The first kappa shape index (κ1) is 25.0. The van der Waals surface area contributed by atoms with Crippen LogP contribution >= 0.6 is 0 Å². The number of para-hydroxylation sites is 2. The van der Waals surface area contributed by atoms with E-state index in [9.17, 15) is 18.0 Å². The van der Waals surface area contributed by atoms with Crippen LogP contribution in [0.4, 0.5) is 13.2 Å². The average molecular weight is 495 g/mol. The lowest BCUT2D eigenvalue weighted by Crippen LogP contribution is -2.08. The van der Waals surface area contributed by atoms with Gasteiger partial charge >= 0.3 is 12.1 Å². The maximum Gasteiger partial charge on any atom is 0.417 e. The average Bonchev–Trinajstić information content (AvgIpc) is 3.32.